The van der Waals surface area contributed by atoms with Crippen molar-refractivity contribution in [2.24, 2.45) is 0 Å². The molecule has 2 aromatic carbocycles. The van der Waals surface area contributed by atoms with Crippen LogP contribution in [0.2, 0.25) is 0 Å². The van der Waals surface area contributed by atoms with Gasteiger partial charge >= 0.3 is 6.01 Å². The summed E-state index contributed by atoms with van der Waals surface area (Å²) in [5.41, 5.74) is 4.66. The molecule has 1 N–H and O–H groups in total. The van der Waals surface area contributed by atoms with E-state index in [1.807, 2.05) is 25.1 Å². The Labute approximate surface area is 169 Å². The summed E-state index contributed by atoms with van der Waals surface area (Å²) in [4.78, 5) is 13.7. The minimum atomic E-state index is 0.365. The van der Waals surface area contributed by atoms with E-state index in [1.165, 1.54) is 19.3 Å². The van der Waals surface area contributed by atoms with E-state index in [1.54, 1.807) is 6.20 Å². The number of hydrogen-bond donors (Lipinski definition) is 1. The van der Waals surface area contributed by atoms with Gasteiger partial charge in [-0.2, -0.15) is 4.98 Å². The van der Waals surface area contributed by atoms with Crippen LogP contribution in [-0.2, 0) is 0 Å². The Bertz CT molecular complexity index is 1120. The van der Waals surface area contributed by atoms with Gasteiger partial charge in [-0.15, -0.1) is 0 Å². The van der Waals surface area contributed by atoms with Crippen LogP contribution in [0.25, 0.3) is 28.2 Å². The van der Waals surface area contributed by atoms with Crippen molar-refractivity contribution in [3.05, 3.63) is 60.8 Å². The van der Waals surface area contributed by atoms with Gasteiger partial charge in [0.2, 0.25) is 0 Å². The van der Waals surface area contributed by atoms with E-state index in [0.29, 0.717) is 18.7 Å². The van der Waals surface area contributed by atoms with Gasteiger partial charge in [-0.05, 0) is 50.5 Å². The molecule has 0 bridgehead atoms. The quantitative estimate of drug-likeness (QED) is 0.514. The van der Waals surface area contributed by atoms with Crippen LogP contribution >= 0.6 is 0 Å². The Morgan fingerprint density at radius 2 is 1.83 bits per heavy atom. The van der Waals surface area contributed by atoms with E-state index in [-0.39, 0.29) is 0 Å². The van der Waals surface area contributed by atoms with Crippen molar-refractivity contribution in [1.29, 1.82) is 0 Å². The van der Waals surface area contributed by atoms with Gasteiger partial charge in [0.05, 0.1) is 12.8 Å². The van der Waals surface area contributed by atoms with E-state index in [9.17, 15) is 0 Å². The average Bonchev–Trinajstić information content (AvgIpc) is 3.11. The topological polar surface area (TPSA) is 64.9 Å². The normalized spacial score (nSPS) is 14.0. The van der Waals surface area contributed by atoms with Crippen LogP contribution in [0.15, 0.2) is 60.8 Å². The van der Waals surface area contributed by atoms with E-state index in [2.05, 4.69) is 56.3 Å². The molecule has 29 heavy (non-hydrogen) atoms. The number of ether oxygens (including phenoxy) is 1. The zero-order valence-electron chi connectivity index (χ0n) is 16.4. The maximum atomic E-state index is 5.53. The van der Waals surface area contributed by atoms with Crippen LogP contribution in [0.5, 0.6) is 6.01 Å². The van der Waals surface area contributed by atoms with Crippen LogP contribution in [0.1, 0.15) is 26.2 Å². The molecule has 6 heteroatoms. The molecule has 1 fully saturated rings. The van der Waals surface area contributed by atoms with Crippen LogP contribution < -0.4 is 10.1 Å². The number of rotatable bonds is 6. The largest absolute Gasteiger partial charge is 0.464 e. The van der Waals surface area contributed by atoms with E-state index in [4.69, 9.17) is 9.72 Å². The standard InChI is InChI=1S/C23H23N5O/c1-2-29-23-24-15-20-22(27-23)28(21(26-20)16-7-4-3-5-8-16)19-13-11-18(12-14-19)25-17-9-6-10-17/h3-5,7-8,11-15,17,25H,2,6,9-10H2,1H3. The first-order valence-corrected chi connectivity index (χ1v) is 10.1. The fourth-order valence-electron chi connectivity index (χ4n) is 3.58. The molecule has 146 valence electrons. The molecule has 1 aliphatic carbocycles. The number of benzene rings is 2. The predicted molar refractivity (Wildman–Crippen MR) is 115 cm³/mol. The third-order valence-corrected chi connectivity index (χ3v) is 5.28. The summed E-state index contributed by atoms with van der Waals surface area (Å²) >= 11 is 0. The monoisotopic (exact) mass is 385 g/mol. The number of fused-ring (bicyclic) bond motifs is 1. The zero-order chi connectivity index (χ0) is 19.6. The summed E-state index contributed by atoms with van der Waals surface area (Å²) in [5, 5.41) is 3.59. The Morgan fingerprint density at radius 1 is 1.03 bits per heavy atom. The summed E-state index contributed by atoms with van der Waals surface area (Å²) in [5.74, 6) is 0.836. The van der Waals surface area contributed by atoms with Crippen molar-refractivity contribution in [2.75, 3.05) is 11.9 Å². The van der Waals surface area contributed by atoms with Gasteiger partial charge in [-0.1, -0.05) is 30.3 Å². The SMILES string of the molecule is CCOc1ncc2nc(-c3ccccc3)n(-c3ccc(NC4CCC4)cc3)c2n1. The lowest BCUT2D eigenvalue weighted by molar-refractivity contribution is 0.313. The number of hydrogen-bond acceptors (Lipinski definition) is 5. The Hall–Kier alpha value is -3.41. The summed E-state index contributed by atoms with van der Waals surface area (Å²) < 4.78 is 7.60. The summed E-state index contributed by atoms with van der Waals surface area (Å²) in [6, 6.07) is 19.6. The third-order valence-electron chi connectivity index (χ3n) is 5.28. The molecule has 0 radical (unpaired) electrons. The molecule has 5 rings (SSSR count). The molecule has 0 atom stereocenters. The molecule has 0 spiro atoms. The second-order valence-electron chi connectivity index (χ2n) is 7.25. The lowest BCUT2D eigenvalue weighted by Crippen LogP contribution is -2.26. The van der Waals surface area contributed by atoms with Gasteiger partial charge in [0.15, 0.2) is 5.65 Å². The van der Waals surface area contributed by atoms with Crippen molar-refractivity contribution in [3.8, 4) is 23.1 Å². The highest BCUT2D eigenvalue weighted by Gasteiger charge is 2.18. The molecule has 2 aromatic heterocycles. The maximum Gasteiger partial charge on any atom is 0.318 e. The first-order valence-electron chi connectivity index (χ1n) is 10.1. The lowest BCUT2D eigenvalue weighted by Gasteiger charge is -2.27. The van der Waals surface area contributed by atoms with Crippen LogP contribution in [0.3, 0.4) is 0 Å². The summed E-state index contributed by atoms with van der Waals surface area (Å²) in [7, 11) is 0. The molecule has 0 saturated heterocycles. The summed E-state index contributed by atoms with van der Waals surface area (Å²) in [6.45, 7) is 2.45. The highest BCUT2D eigenvalue weighted by Crippen LogP contribution is 2.29. The lowest BCUT2D eigenvalue weighted by atomic mass is 9.93. The molecular weight excluding hydrogens is 362 g/mol. The van der Waals surface area contributed by atoms with Gasteiger partial charge in [-0.25, -0.2) is 9.97 Å². The fraction of sp³-hybridized carbons (Fsp3) is 0.261. The Morgan fingerprint density at radius 3 is 2.52 bits per heavy atom. The zero-order valence-corrected chi connectivity index (χ0v) is 16.4. The minimum absolute atomic E-state index is 0.365. The van der Waals surface area contributed by atoms with E-state index < -0.39 is 0 Å². The van der Waals surface area contributed by atoms with Crippen molar-refractivity contribution >= 4 is 16.9 Å². The molecular formula is C23H23N5O. The second kappa shape index (κ2) is 7.54. The second-order valence-corrected chi connectivity index (χ2v) is 7.25. The third kappa shape index (κ3) is 3.42. The van der Waals surface area contributed by atoms with Crippen molar-refractivity contribution in [2.45, 2.75) is 32.2 Å². The van der Waals surface area contributed by atoms with Gasteiger partial charge in [-0.3, -0.25) is 4.57 Å². The first kappa shape index (κ1) is 17.7. The number of anilines is 1. The number of nitrogens with one attached hydrogen (secondary N) is 1. The Balaban J connectivity index is 1.62. The molecule has 4 aromatic rings. The molecule has 0 amide bonds. The molecule has 6 nitrogen and oxygen atoms in total. The highest BCUT2D eigenvalue weighted by atomic mass is 16.5. The van der Waals surface area contributed by atoms with E-state index >= 15 is 0 Å². The van der Waals surface area contributed by atoms with Gasteiger partial charge in [0.1, 0.15) is 11.3 Å². The molecule has 0 unspecified atom stereocenters. The van der Waals surface area contributed by atoms with Crippen molar-refractivity contribution < 1.29 is 4.74 Å². The van der Waals surface area contributed by atoms with Gasteiger partial charge in [0, 0.05) is 23.0 Å². The first-order chi connectivity index (χ1) is 14.3. The number of nitrogens with zero attached hydrogens (tertiary/aromatic N) is 4. The molecule has 1 saturated carbocycles. The van der Waals surface area contributed by atoms with Crippen LogP contribution in [0.4, 0.5) is 5.69 Å². The van der Waals surface area contributed by atoms with Crippen LogP contribution in [0, 0.1) is 0 Å². The fourth-order valence-corrected chi connectivity index (χ4v) is 3.58. The predicted octanol–water partition coefficient (Wildman–Crippen LogP) is 4.85. The number of aromatic nitrogens is 4. The smallest absolute Gasteiger partial charge is 0.318 e. The average molecular weight is 385 g/mol. The van der Waals surface area contributed by atoms with Gasteiger partial charge < -0.3 is 10.1 Å². The Kier molecular flexibility index (Phi) is 4.60. The number of imidazole rings is 1. The summed E-state index contributed by atoms with van der Waals surface area (Å²) in [6.07, 6.45) is 5.55. The van der Waals surface area contributed by atoms with E-state index in [0.717, 1.165) is 33.9 Å². The van der Waals surface area contributed by atoms with Crippen molar-refractivity contribution in [3.63, 3.8) is 0 Å². The van der Waals surface area contributed by atoms with Gasteiger partial charge in [0.25, 0.3) is 0 Å². The molecule has 0 aliphatic heterocycles. The molecule has 2 heterocycles. The maximum absolute atomic E-state index is 5.53. The minimum Gasteiger partial charge on any atom is -0.464 e. The van der Waals surface area contributed by atoms with Crippen molar-refractivity contribution in [1.82, 2.24) is 19.5 Å². The van der Waals surface area contributed by atoms with Crippen LogP contribution in [-0.4, -0.2) is 32.2 Å². The highest BCUT2D eigenvalue weighted by molar-refractivity contribution is 5.79. The molecule has 1 aliphatic rings.